The molecule has 0 saturated carbocycles. The van der Waals surface area contributed by atoms with Crippen molar-refractivity contribution in [3.63, 3.8) is 0 Å². The zero-order valence-electron chi connectivity index (χ0n) is 13.4. The number of amides is 1. The third-order valence-corrected chi connectivity index (χ3v) is 2.76. The standard InChI is InChI=1S/C16H26N2O3/c1-5-20-15-8-13(10-17-4)6-7-14(15)21-11-16(19)18-9-12(2)3/h6-8,12,17H,5,9-11H2,1-4H3,(H,18,19). The average molecular weight is 294 g/mol. The van der Waals surface area contributed by atoms with Crippen molar-refractivity contribution in [3.05, 3.63) is 23.8 Å². The Balaban J connectivity index is 2.62. The maximum Gasteiger partial charge on any atom is 0.257 e. The molecule has 1 aromatic carbocycles. The van der Waals surface area contributed by atoms with Gasteiger partial charge in [-0.15, -0.1) is 0 Å². The second kappa shape index (κ2) is 9.23. The van der Waals surface area contributed by atoms with E-state index in [4.69, 9.17) is 9.47 Å². The zero-order valence-corrected chi connectivity index (χ0v) is 13.4. The predicted octanol–water partition coefficient (Wildman–Crippen LogP) is 1.96. The van der Waals surface area contributed by atoms with Crippen LogP contribution in [0.2, 0.25) is 0 Å². The van der Waals surface area contributed by atoms with E-state index >= 15 is 0 Å². The third-order valence-electron chi connectivity index (χ3n) is 2.76. The van der Waals surface area contributed by atoms with E-state index in [1.807, 2.05) is 32.2 Å². The lowest BCUT2D eigenvalue weighted by Crippen LogP contribution is -2.31. The van der Waals surface area contributed by atoms with Crippen LogP contribution in [-0.2, 0) is 11.3 Å². The molecule has 1 amide bonds. The lowest BCUT2D eigenvalue weighted by atomic mass is 10.2. The summed E-state index contributed by atoms with van der Waals surface area (Å²) in [5.41, 5.74) is 1.11. The van der Waals surface area contributed by atoms with Crippen molar-refractivity contribution in [3.8, 4) is 11.5 Å². The Morgan fingerprint density at radius 3 is 2.62 bits per heavy atom. The summed E-state index contributed by atoms with van der Waals surface area (Å²) in [6.07, 6.45) is 0. The van der Waals surface area contributed by atoms with Gasteiger partial charge in [0.1, 0.15) is 0 Å². The first-order valence-electron chi connectivity index (χ1n) is 7.36. The molecule has 0 aliphatic rings. The Kier molecular flexibility index (Phi) is 7.61. The fraction of sp³-hybridized carbons (Fsp3) is 0.562. The second-order valence-corrected chi connectivity index (χ2v) is 5.23. The van der Waals surface area contributed by atoms with Crippen LogP contribution >= 0.6 is 0 Å². The van der Waals surface area contributed by atoms with Crippen LogP contribution in [0.15, 0.2) is 18.2 Å². The summed E-state index contributed by atoms with van der Waals surface area (Å²) in [7, 11) is 1.89. The average Bonchev–Trinajstić information content (AvgIpc) is 2.45. The van der Waals surface area contributed by atoms with Gasteiger partial charge in [0.15, 0.2) is 18.1 Å². The molecule has 1 rings (SSSR count). The van der Waals surface area contributed by atoms with Crippen molar-refractivity contribution in [1.29, 1.82) is 0 Å². The molecule has 2 N–H and O–H groups in total. The third kappa shape index (κ3) is 6.49. The van der Waals surface area contributed by atoms with Crippen LogP contribution in [0.1, 0.15) is 26.3 Å². The molecule has 0 saturated heterocycles. The summed E-state index contributed by atoms with van der Waals surface area (Å²) in [4.78, 5) is 11.7. The Morgan fingerprint density at radius 1 is 1.24 bits per heavy atom. The molecule has 0 aliphatic heterocycles. The highest BCUT2D eigenvalue weighted by Gasteiger charge is 2.09. The Hall–Kier alpha value is -1.75. The molecular formula is C16H26N2O3. The Bertz CT molecular complexity index is 447. The molecule has 0 aromatic heterocycles. The highest BCUT2D eigenvalue weighted by Crippen LogP contribution is 2.28. The minimum absolute atomic E-state index is 0.00182. The van der Waals surface area contributed by atoms with Gasteiger partial charge in [0.25, 0.3) is 5.91 Å². The van der Waals surface area contributed by atoms with Crippen LogP contribution in [-0.4, -0.2) is 32.7 Å². The van der Waals surface area contributed by atoms with Crippen molar-refractivity contribution in [2.45, 2.75) is 27.3 Å². The summed E-state index contributed by atoms with van der Waals surface area (Å²) in [6, 6.07) is 5.73. The second-order valence-electron chi connectivity index (χ2n) is 5.23. The molecule has 0 atom stereocenters. The van der Waals surface area contributed by atoms with E-state index in [2.05, 4.69) is 24.5 Å². The van der Waals surface area contributed by atoms with Gasteiger partial charge >= 0.3 is 0 Å². The Labute approximate surface area is 127 Å². The molecule has 0 fully saturated rings. The molecule has 0 radical (unpaired) electrons. The van der Waals surface area contributed by atoms with Gasteiger partial charge in [-0.05, 0) is 37.6 Å². The van der Waals surface area contributed by atoms with Crippen molar-refractivity contribution in [2.75, 3.05) is 26.8 Å². The molecule has 0 bridgehead atoms. The number of ether oxygens (including phenoxy) is 2. The van der Waals surface area contributed by atoms with Gasteiger partial charge in [0.05, 0.1) is 6.61 Å². The Morgan fingerprint density at radius 2 is 2.00 bits per heavy atom. The molecule has 5 nitrogen and oxygen atoms in total. The van der Waals surface area contributed by atoms with Crippen LogP contribution in [0.3, 0.4) is 0 Å². The van der Waals surface area contributed by atoms with Crippen LogP contribution in [0.5, 0.6) is 11.5 Å². The number of hydrogen-bond donors (Lipinski definition) is 2. The predicted molar refractivity (Wildman–Crippen MR) is 83.7 cm³/mol. The maximum atomic E-state index is 11.7. The molecule has 21 heavy (non-hydrogen) atoms. The fourth-order valence-electron chi connectivity index (χ4n) is 1.77. The number of hydrogen-bond acceptors (Lipinski definition) is 4. The number of rotatable bonds is 9. The van der Waals surface area contributed by atoms with E-state index in [0.29, 0.717) is 30.6 Å². The number of nitrogens with one attached hydrogen (secondary N) is 2. The molecule has 0 aliphatic carbocycles. The van der Waals surface area contributed by atoms with E-state index in [1.54, 1.807) is 0 Å². The normalized spacial score (nSPS) is 10.5. The van der Waals surface area contributed by atoms with Crippen LogP contribution in [0.25, 0.3) is 0 Å². The summed E-state index contributed by atoms with van der Waals surface area (Å²) in [6.45, 7) is 7.99. The van der Waals surface area contributed by atoms with Crippen LogP contribution in [0, 0.1) is 5.92 Å². The van der Waals surface area contributed by atoms with Gasteiger partial charge < -0.3 is 20.1 Å². The lowest BCUT2D eigenvalue weighted by Gasteiger charge is -2.14. The van der Waals surface area contributed by atoms with Gasteiger partial charge in [0.2, 0.25) is 0 Å². The van der Waals surface area contributed by atoms with E-state index in [-0.39, 0.29) is 12.5 Å². The summed E-state index contributed by atoms with van der Waals surface area (Å²) in [5, 5.41) is 5.91. The first-order valence-corrected chi connectivity index (χ1v) is 7.36. The summed E-state index contributed by atoms with van der Waals surface area (Å²) < 4.78 is 11.1. The number of carbonyl (C=O) groups is 1. The number of benzene rings is 1. The van der Waals surface area contributed by atoms with Gasteiger partial charge in [-0.2, -0.15) is 0 Å². The zero-order chi connectivity index (χ0) is 15.7. The molecular weight excluding hydrogens is 268 g/mol. The number of carbonyl (C=O) groups excluding carboxylic acids is 1. The van der Waals surface area contributed by atoms with E-state index in [0.717, 1.165) is 12.1 Å². The monoisotopic (exact) mass is 294 g/mol. The van der Waals surface area contributed by atoms with E-state index in [9.17, 15) is 4.79 Å². The van der Waals surface area contributed by atoms with Crippen molar-refractivity contribution in [2.24, 2.45) is 5.92 Å². The van der Waals surface area contributed by atoms with Crippen molar-refractivity contribution < 1.29 is 14.3 Å². The lowest BCUT2D eigenvalue weighted by molar-refractivity contribution is -0.123. The maximum absolute atomic E-state index is 11.7. The summed E-state index contributed by atoms with van der Waals surface area (Å²) >= 11 is 0. The van der Waals surface area contributed by atoms with Crippen LogP contribution in [0.4, 0.5) is 0 Å². The highest BCUT2D eigenvalue weighted by atomic mass is 16.5. The minimum atomic E-state index is -0.120. The van der Waals surface area contributed by atoms with Gasteiger partial charge in [0, 0.05) is 13.1 Å². The molecule has 0 spiro atoms. The smallest absolute Gasteiger partial charge is 0.257 e. The van der Waals surface area contributed by atoms with Crippen molar-refractivity contribution >= 4 is 5.91 Å². The van der Waals surface area contributed by atoms with Crippen LogP contribution < -0.4 is 20.1 Å². The summed E-state index contributed by atoms with van der Waals surface area (Å²) in [5.74, 6) is 1.57. The fourth-order valence-corrected chi connectivity index (χ4v) is 1.77. The highest BCUT2D eigenvalue weighted by molar-refractivity contribution is 5.77. The van der Waals surface area contributed by atoms with Gasteiger partial charge in [-0.3, -0.25) is 4.79 Å². The molecule has 0 unspecified atom stereocenters. The van der Waals surface area contributed by atoms with E-state index < -0.39 is 0 Å². The molecule has 0 heterocycles. The quantitative estimate of drug-likeness (QED) is 0.731. The minimum Gasteiger partial charge on any atom is -0.490 e. The largest absolute Gasteiger partial charge is 0.490 e. The SMILES string of the molecule is CCOc1cc(CNC)ccc1OCC(=O)NCC(C)C. The first-order chi connectivity index (χ1) is 10.1. The topological polar surface area (TPSA) is 59.6 Å². The van der Waals surface area contributed by atoms with Crippen molar-refractivity contribution in [1.82, 2.24) is 10.6 Å². The van der Waals surface area contributed by atoms with Gasteiger partial charge in [-0.1, -0.05) is 19.9 Å². The van der Waals surface area contributed by atoms with E-state index in [1.165, 1.54) is 0 Å². The first kappa shape index (κ1) is 17.3. The molecule has 5 heteroatoms. The molecule has 118 valence electrons. The van der Waals surface area contributed by atoms with Gasteiger partial charge in [-0.25, -0.2) is 0 Å². The molecule has 1 aromatic rings.